The van der Waals surface area contributed by atoms with Gasteiger partial charge in [0, 0.05) is 25.4 Å². The molecule has 7 heteroatoms. The van der Waals surface area contributed by atoms with Gasteiger partial charge in [-0.25, -0.2) is 9.97 Å². The minimum absolute atomic E-state index is 0.253. The molecule has 7 nitrogen and oxygen atoms in total. The van der Waals surface area contributed by atoms with Crippen molar-refractivity contribution in [1.29, 1.82) is 0 Å². The molecule has 0 spiro atoms. The lowest BCUT2D eigenvalue weighted by atomic mass is 10.1. The molecule has 1 N–H and O–H groups in total. The summed E-state index contributed by atoms with van der Waals surface area (Å²) in [6.45, 7) is 5.73. The summed E-state index contributed by atoms with van der Waals surface area (Å²) in [4.78, 5) is 16.3. The summed E-state index contributed by atoms with van der Waals surface area (Å²) in [5.74, 6) is 1.70. The molecule has 1 saturated heterocycles. The number of hydrogen-bond donors (Lipinski definition) is 1. The predicted octanol–water partition coefficient (Wildman–Crippen LogP) is 3.52. The number of rotatable bonds is 5. The lowest BCUT2D eigenvalue weighted by molar-refractivity contribution is 0.244. The van der Waals surface area contributed by atoms with Gasteiger partial charge in [0.05, 0.1) is 41.1 Å². The summed E-state index contributed by atoms with van der Waals surface area (Å²) in [7, 11) is 1.91. The molecule has 4 heterocycles. The van der Waals surface area contributed by atoms with Crippen molar-refractivity contribution < 1.29 is 4.52 Å². The zero-order valence-electron chi connectivity index (χ0n) is 15.9. The maximum atomic E-state index is 5.30. The molecule has 3 aromatic heterocycles. The van der Waals surface area contributed by atoms with Crippen LogP contribution in [0.3, 0.4) is 0 Å². The second-order valence-corrected chi connectivity index (χ2v) is 6.92. The summed E-state index contributed by atoms with van der Waals surface area (Å²) in [6, 6.07) is 4.36. The first-order valence-electron chi connectivity index (χ1n) is 9.28. The van der Waals surface area contributed by atoms with E-state index >= 15 is 0 Å². The predicted molar refractivity (Wildman–Crippen MR) is 103 cm³/mol. The van der Waals surface area contributed by atoms with Gasteiger partial charge < -0.3 is 9.84 Å². The molecule has 1 unspecified atom stereocenters. The first-order chi connectivity index (χ1) is 13.2. The van der Waals surface area contributed by atoms with Crippen LogP contribution in [0.25, 0.3) is 11.3 Å². The lowest BCUT2D eigenvalue weighted by Gasteiger charge is -2.24. The van der Waals surface area contributed by atoms with E-state index < -0.39 is 0 Å². The van der Waals surface area contributed by atoms with Gasteiger partial charge in [0.1, 0.15) is 11.6 Å². The van der Waals surface area contributed by atoms with Crippen LogP contribution in [0.1, 0.15) is 41.6 Å². The second-order valence-electron chi connectivity index (χ2n) is 6.92. The molecule has 0 amide bonds. The Labute approximate surface area is 158 Å². The van der Waals surface area contributed by atoms with Gasteiger partial charge in [0.15, 0.2) is 0 Å². The third-order valence-electron chi connectivity index (χ3n) is 5.15. The highest BCUT2D eigenvalue weighted by atomic mass is 16.5. The van der Waals surface area contributed by atoms with Crippen molar-refractivity contribution in [2.45, 2.75) is 39.3 Å². The number of pyridine rings is 1. The van der Waals surface area contributed by atoms with E-state index in [1.54, 1.807) is 6.20 Å². The summed E-state index contributed by atoms with van der Waals surface area (Å²) < 4.78 is 5.30. The molecule has 1 aliphatic rings. The standard InChI is InChI=1S/C20H24N6O/c1-13-19(14(2)27-25-13)17-11-22-10-16(24-17)18-7-5-9-26(18)12-15-6-4-8-23-20(15)21-3/h4,6,8,10-11,18H,5,7,9,12H2,1-3H3,(H,21,23). The first kappa shape index (κ1) is 17.6. The number of hydrogen-bond acceptors (Lipinski definition) is 7. The normalized spacial score (nSPS) is 17.4. The highest BCUT2D eigenvalue weighted by molar-refractivity contribution is 5.62. The molecule has 1 aliphatic heterocycles. The highest BCUT2D eigenvalue weighted by Crippen LogP contribution is 2.34. The lowest BCUT2D eigenvalue weighted by Crippen LogP contribution is -2.24. The molecule has 0 saturated carbocycles. The van der Waals surface area contributed by atoms with E-state index in [0.717, 1.165) is 60.2 Å². The van der Waals surface area contributed by atoms with Crippen molar-refractivity contribution in [2.24, 2.45) is 0 Å². The molecule has 140 valence electrons. The van der Waals surface area contributed by atoms with Crippen molar-refractivity contribution in [3.63, 3.8) is 0 Å². The molecule has 0 aromatic carbocycles. The van der Waals surface area contributed by atoms with Gasteiger partial charge >= 0.3 is 0 Å². The molecule has 1 atom stereocenters. The largest absolute Gasteiger partial charge is 0.373 e. The maximum Gasteiger partial charge on any atom is 0.143 e. The van der Waals surface area contributed by atoms with Gasteiger partial charge in [0.2, 0.25) is 0 Å². The quantitative estimate of drug-likeness (QED) is 0.742. The monoisotopic (exact) mass is 364 g/mol. The summed E-state index contributed by atoms with van der Waals surface area (Å²) in [5.41, 5.74) is 4.81. The van der Waals surface area contributed by atoms with Crippen molar-refractivity contribution in [1.82, 2.24) is 25.0 Å². The Balaban J connectivity index is 1.62. The Morgan fingerprint density at radius 3 is 2.96 bits per heavy atom. The zero-order valence-corrected chi connectivity index (χ0v) is 15.9. The number of nitrogens with zero attached hydrogens (tertiary/aromatic N) is 5. The average Bonchev–Trinajstić information content (AvgIpc) is 3.28. The highest BCUT2D eigenvalue weighted by Gasteiger charge is 2.28. The van der Waals surface area contributed by atoms with Crippen LogP contribution in [0.5, 0.6) is 0 Å². The van der Waals surface area contributed by atoms with E-state index in [-0.39, 0.29) is 6.04 Å². The number of likely N-dealkylation sites (tertiary alicyclic amines) is 1. The van der Waals surface area contributed by atoms with Crippen LogP contribution in [0.4, 0.5) is 5.82 Å². The molecule has 3 aromatic rings. The Hall–Kier alpha value is -2.80. The maximum absolute atomic E-state index is 5.30. The number of aromatic nitrogens is 4. The molecule has 0 bridgehead atoms. The minimum atomic E-state index is 0.253. The molecule has 0 aliphatic carbocycles. The van der Waals surface area contributed by atoms with Gasteiger partial charge in [-0.3, -0.25) is 9.88 Å². The fourth-order valence-electron chi connectivity index (χ4n) is 3.87. The SMILES string of the molecule is CNc1ncccc1CN1CCCC1c1cncc(-c2c(C)noc2C)n1. The Morgan fingerprint density at radius 1 is 1.30 bits per heavy atom. The summed E-state index contributed by atoms with van der Waals surface area (Å²) in [6.07, 6.45) is 7.71. The number of nitrogens with one attached hydrogen (secondary N) is 1. The molecule has 1 fully saturated rings. The molecular weight excluding hydrogens is 340 g/mol. The van der Waals surface area contributed by atoms with E-state index in [1.165, 1.54) is 5.56 Å². The van der Waals surface area contributed by atoms with Crippen LogP contribution in [-0.2, 0) is 6.54 Å². The van der Waals surface area contributed by atoms with Crippen LogP contribution in [0, 0.1) is 13.8 Å². The Bertz CT molecular complexity index is 918. The van der Waals surface area contributed by atoms with Crippen LogP contribution in [-0.4, -0.2) is 38.6 Å². The zero-order chi connectivity index (χ0) is 18.8. The van der Waals surface area contributed by atoms with Gasteiger partial charge in [-0.2, -0.15) is 0 Å². The van der Waals surface area contributed by atoms with Crippen molar-refractivity contribution in [2.75, 3.05) is 18.9 Å². The third kappa shape index (κ3) is 3.42. The second kappa shape index (κ2) is 7.44. The van der Waals surface area contributed by atoms with Gasteiger partial charge in [-0.15, -0.1) is 0 Å². The minimum Gasteiger partial charge on any atom is -0.373 e. The van der Waals surface area contributed by atoms with Crippen LogP contribution in [0.2, 0.25) is 0 Å². The van der Waals surface area contributed by atoms with E-state index in [0.29, 0.717) is 0 Å². The molecule has 0 radical (unpaired) electrons. The van der Waals surface area contributed by atoms with Gasteiger partial charge in [0.25, 0.3) is 0 Å². The van der Waals surface area contributed by atoms with Crippen LogP contribution in [0.15, 0.2) is 35.2 Å². The molecule has 27 heavy (non-hydrogen) atoms. The first-order valence-corrected chi connectivity index (χ1v) is 9.28. The van der Waals surface area contributed by atoms with Crippen LogP contribution >= 0.6 is 0 Å². The van der Waals surface area contributed by atoms with E-state index in [9.17, 15) is 0 Å². The fourth-order valence-corrected chi connectivity index (χ4v) is 3.87. The topological polar surface area (TPSA) is 80.0 Å². The summed E-state index contributed by atoms with van der Waals surface area (Å²) >= 11 is 0. The fraction of sp³-hybridized carbons (Fsp3) is 0.400. The van der Waals surface area contributed by atoms with E-state index in [4.69, 9.17) is 9.51 Å². The van der Waals surface area contributed by atoms with E-state index in [1.807, 2.05) is 39.4 Å². The summed E-state index contributed by atoms with van der Waals surface area (Å²) in [5, 5.41) is 7.22. The number of anilines is 1. The van der Waals surface area contributed by atoms with Crippen LogP contribution < -0.4 is 5.32 Å². The third-order valence-corrected chi connectivity index (χ3v) is 5.15. The van der Waals surface area contributed by atoms with Crippen molar-refractivity contribution in [3.8, 4) is 11.3 Å². The average molecular weight is 364 g/mol. The molecule has 4 rings (SSSR count). The Morgan fingerprint density at radius 2 is 2.19 bits per heavy atom. The number of aryl methyl sites for hydroxylation is 2. The van der Waals surface area contributed by atoms with Gasteiger partial charge in [-0.05, 0) is 39.3 Å². The van der Waals surface area contributed by atoms with Gasteiger partial charge in [-0.1, -0.05) is 11.2 Å². The Kier molecular flexibility index (Phi) is 4.85. The molecular formula is C20H24N6O. The van der Waals surface area contributed by atoms with Crippen molar-refractivity contribution in [3.05, 3.63) is 53.4 Å². The smallest absolute Gasteiger partial charge is 0.143 e. The van der Waals surface area contributed by atoms with Crippen molar-refractivity contribution >= 4 is 5.82 Å². The van der Waals surface area contributed by atoms with E-state index in [2.05, 4.69) is 31.4 Å².